The van der Waals surface area contributed by atoms with Crippen molar-refractivity contribution in [3.05, 3.63) is 28.8 Å². The van der Waals surface area contributed by atoms with Gasteiger partial charge in [-0.15, -0.1) is 0 Å². The lowest BCUT2D eigenvalue weighted by atomic mass is 10.2. The number of hydrogen-bond acceptors (Lipinski definition) is 2. The first-order valence-corrected chi connectivity index (χ1v) is 6.22. The molecule has 5 heteroatoms. The van der Waals surface area contributed by atoms with Gasteiger partial charge in [0.25, 0.3) is 0 Å². The van der Waals surface area contributed by atoms with Gasteiger partial charge in [-0.3, -0.25) is 0 Å². The molecule has 0 fully saturated rings. The molecule has 96 valence electrons. The Labute approximate surface area is 107 Å². The molecule has 1 rings (SSSR count). The van der Waals surface area contributed by atoms with Crippen molar-refractivity contribution in [2.75, 3.05) is 33.4 Å². The van der Waals surface area contributed by atoms with Gasteiger partial charge in [0.1, 0.15) is 25.4 Å². The molecular formula is C12H21ClN2O2+2. The Bertz CT molecular complexity index is 334. The van der Waals surface area contributed by atoms with Gasteiger partial charge in [0.05, 0.1) is 20.3 Å². The first-order chi connectivity index (χ1) is 8.27. The molecule has 0 aliphatic rings. The molecule has 0 spiro atoms. The third-order valence-corrected chi connectivity index (χ3v) is 2.75. The van der Waals surface area contributed by atoms with Crippen molar-refractivity contribution in [1.82, 2.24) is 0 Å². The Balaban J connectivity index is 2.32. The summed E-state index contributed by atoms with van der Waals surface area (Å²) in [5, 5.41) is 13.7. The predicted octanol–water partition coefficient (Wildman–Crippen LogP) is -1.03. The van der Waals surface area contributed by atoms with Crippen LogP contribution in [0, 0.1) is 0 Å². The van der Waals surface area contributed by atoms with Crippen LogP contribution in [0.5, 0.6) is 5.75 Å². The molecule has 0 aliphatic heterocycles. The maximum absolute atomic E-state index is 8.63. The minimum Gasteiger partial charge on any atom is -0.496 e. The molecule has 1 aromatic carbocycles. The Kier molecular flexibility index (Phi) is 6.96. The van der Waals surface area contributed by atoms with Crippen molar-refractivity contribution in [2.45, 2.75) is 6.54 Å². The first-order valence-electron chi connectivity index (χ1n) is 5.84. The average molecular weight is 261 g/mol. The van der Waals surface area contributed by atoms with Gasteiger partial charge in [-0.25, -0.2) is 0 Å². The summed E-state index contributed by atoms with van der Waals surface area (Å²) >= 11 is 5.95. The van der Waals surface area contributed by atoms with Crippen LogP contribution in [0.25, 0.3) is 0 Å². The standard InChI is InChI=1S/C12H19ClN2O2/c1-17-12-3-2-11(13)8-10(12)9-15-5-4-14-6-7-16/h2-3,8,14-16H,4-7,9H2,1H3/p+2. The number of nitrogens with two attached hydrogens (primary N) is 2. The van der Waals surface area contributed by atoms with Crippen molar-refractivity contribution in [3.8, 4) is 5.75 Å². The van der Waals surface area contributed by atoms with Gasteiger partial charge in [-0.1, -0.05) is 11.6 Å². The summed E-state index contributed by atoms with van der Waals surface area (Å²) in [4.78, 5) is 0. The van der Waals surface area contributed by atoms with E-state index in [1.807, 2.05) is 18.2 Å². The van der Waals surface area contributed by atoms with Gasteiger partial charge >= 0.3 is 0 Å². The van der Waals surface area contributed by atoms with Gasteiger partial charge in [-0.05, 0) is 18.2 Å². The van der Waals surface area contributed by atoms with E-state index in [1.165, 1.54) is 0 Å². The van der Waals surface area contributed by atoms with E-state index >= 15 is 0 Å². The van der Waals surface area contributed by atoms with Crippen LogP contribution in [-0.2, 0) is 6.54 Å². The minimum absolute atomic E-state index is 0.238. The number of aliphatic hydroxyl groups is 1. The fourth-order valence-electron chi connectivity index (χ4n) is 1.64. The monoisotopic (exact) mass is 260 g/mol. The van der Waals surface area contributed by atoms with Crippen LogP contribution in [0.4, 0.5) is 0 Å². The number of aliphatic hydroxyl groups excluding tert-OH is 1. The highest BCUT2D eigenvalue weighted by Crippen LogP contribution is 2.21. The van der Waals surface area contributed by atoms with Crippen LogP contribution in [0.3, 0.4) is 0 Å². The van der Waals surface area contributed by atoms with E-state index in [2.05, 4.69) is 10.6 Å². The molecule has 4 nitrogen and oxygen atoms in total. The molecule has 5 N–H and O–H groups in total. The van der Waals surface area contributed by atoms with Crippen LogP contribution in [0.1, 0.15) is 5.56 Å². The first kappa shape index (κ1) is 14.3. The molecule has 0 heterocycles. The molecule has 1 aromatic rings. The van der Waals surface area contributed by atoms with Crippen LogP contribution in [0.2, 0.25) is 5.02 Å². The predicted molar refractivity (Wildman–Crippen MR) is 67.2 cm³/mol. The summed E-state index contributed by atoms with van der Waals surface area (Å²) < 4.78 is 5.28. The van der Waals surface area contributed by atoms with Crippen LogP contribution < -0.4 is 15.4 Å². The lowest BCUT2D eigenvalue weighted by Crippen LogP contribution is -2.94. The molecule has 17 heavy (non-hydrogen) atoms. The largest absolute Gasteiger partial charge is 0.496 e. The quantitative estimate of drug-likeness (QED) is 0.524. The van der Waals surface area contributed by atoms with Crippen molar-refractivity contribution >= 4 is 11.6 Å². The maximum Gasteiger partial charge on any atom is 0.127 e. The van der Waals surface area contributed by atoms with Crippen LogP contribution in [-0.4, -0.2) is 38.5 Å². The number of halogens is 1. The normalized spacial score (nSPS) is 10.5. The van der Waals surface area contributed by atoms with E-state index in [4.69, 9.17) is 21.4 Å². The molecule has 0 bridgehead atoms. The molecule has 0 aromatic heterocycles. The van der Waals surface area contributed by atoms with E-state index < -0.39 is 0 Å². The van der Waals surface area contributed by atoms with Gasteiger partial charge in [0.2, 0.25) is 0 Å². The number of benzene rings is 1. The smallest absolute Gasteiger partial charge is 0.127 e. The number of methoxy groups -OCH3 is 1. The highest BCUT2D eigenvalue weighted by atomic mass is 35.5. The third-order valence-electron chi connectivity index (χ3n) is 2.51. The minimum atomic E-state index is 0.238. The van der Waals surface area contributed by atoms with Crippen molar-refractivity contribution in [3.63, 3.8) is 0 Å². The SMILES string of the molecule is COc1ccc(Cl)cc1C[NH2+]CC[NH2+]CCO. The molecular weight excluding hydrogens is 240 g/mol. The molecule has 0 saturated carbocycles. The summed E-state index contributed by atoms with van der Waals surface area (Å²) in [6.45, 7) is 3.88. The second-order valence-corrected chi connectivity index (χ2v) is 4.26. The number of quaternary nitrogens is 2. The van der Waals surface area contributed by atoms with E-state index in [9.17, 15) is 0 Å². The summed E-state index contributed by atoms with van der Waals surface area (Å²) in [7, 11) is 1.67. The van der Waals surface area contributed by atoms with Crippen molar-refractivity contribution < 1.29 is 20.5 Å². The third kappa shape index (κ3) is 5.37. The summed E-state index contributed by atoms with van der Waals surface area (Å²) in [6.07, 6.45) is 0. The highest BCUT2D eigenvalue weighted by Gasteiger charge is 2.05. The zero-order valence-electron chi connectivity index (χ0n) is 10.2. The van der Waals surface area contributed by atoms with E-state index in [0.29, 0.717) is 0 Å². The Morgan fingerprint density at radius 2 is 2.00 bits per heavy atom. The summed E-state index contributed by atoms with van der Waals surface area (Å²) in [5.41, 5.74) is 1.11. The summed E-state index contributed by atoms with van der Waals surface area (Å²) in [5.74, 6) is 0.880. The van der Waals surface area contributed by atoms with E-state index in [1.54, 1.807) is 7.11 Å². The van der Waals surface area contributed by atoms with Crippen molar-refractivity contribution in [1.29, 1.82) is 0 Å². The zero-order chi connectivity index (χ0) is 12.5. The molecule has 0 unspecified atom stereocenters. The van der Waals surface area contributed by atoms with Crippen molar-refractivity contribution in [2.24, 2.45) is 0 Å². The van der Waals surface area contributed by atoms with Crippen LogP contribution >= 0.6 is 11.6 Å². The van der Waals surface area contributed by atoms with Gasteiger partial charge < -0.3 is 20.5 Å². The van der Waals surface area contributed by atoms with Gasteiger partial charge in [-0.2, -0.15) is 0 Å². The second-order valence-electron chi connectivity index (χ2n) is 3.83. The summed E-state index contributed by atoms with van der Waals surface area (Å²) in [6, 6.07) is 5.66. The maximum atomic E-state index is 8.63. The van der Waals surface area contributed by atoms with Gasteiger partial charge in [0.15, 0.2) is 0 Å². The zero-order valence-corrected chi connectivity index (χ0v) is 10.9. The van der Waals surface area contributed by atoms with E-state index in [0.717, 1.165) is 42.5 Å². The number of ether oxygens (including phenoxy) is 1. The topological polar surface area (TPSA) is 62.7 Å². The molecule has 0 amide bonds. The second kappa shape index (κ2) is 8.31. The number of hydrogen-bond donors (Lipinski definition) is 3. The lowest BCUT2D eigenvalue weighted by Gasteiger charge is -2.07. The Hall–Kier alpha value is -0.810. The highest BCUT2D eigenvalue weighted by molar-refractivity contribution is 6.30. The van der Waals surface area contributed by atoms with E-state index in [-0.39, 0.29) is 6.61 Å². The Morgan fingerprint density at radius 3 is 2.71 bits per heavy atom. The molecule has 0 aliphatic carbocycles. The Morgan fingerprint density at radius 1 is 1.24 bits per heavy atom. The molecule has 0 radical (unpaired) electrons. The lowest BCUT2D eigenvalue weighted by molar-refractivity contribution is -0.731. The fourth-order valence-corrected chi connectivity index (χ4v) is 1.83. The molecule has 0 atom stereocenters. The number of rotatable bonds is 8. The molecule has 0 saturated heterocycles. The van der Waals surface area contributed by atoms with Gasteiger partial charge in [0, 0.05) is 10.6 Å². The average Bonchev–Trinajstić information content (AvgIpc) is 2.34. The van der Waals surface area contributed by atoms with Crippen LogP contribution in [0.15, 0.2) is 18.2 Å². The fraction of sp³-hybridized carbons (Fsp3) is 0.500.